The maximum atomic E-state index is 12.4. The van der Waals surface area contributed by atoms with Crippen LogP contribution in [0.4, 0.5) is 4.79 Å². The summed E-state index contributed by atoms with van der Waals surface area (Å²) < 4.78 is 0. The highest BCUT2D eigenvalue weighted by atomic mass is 16.2. The molecule has 2 amide bonds. The highest BCUT2D eigenvalue weighted by Gasteiger charge is 2.42. The van der Waals surface area contributed by atoms with Crippen LogP contribution in [0.2, 0.25) is 0 Å². The Hall–Kier alpha value is -0.770. The fourth-order valence-corrected chi connectivity index (χ4v) is 3.08. The van der Waals surface area contributed by atoms with Gasteiger partial charge in [0, 0.05) is 38.3 Å². The van der Waals surface area contributed by atoms with E-state index in [0.29, 0.717) is 12.1 Å². The van der Waals surface area contributed by atoms with Crippen molar-refractivity contribution < 1.29 is 4.79 Å². The van der Waals surface area contributed by atoms with Crippen LogP contribution in [0.15, 0.2) is 0 Å². The van der Waals surface area contributed by atoms with Crippen molar-refractivity contribution in [1.29, 1.82) is 0 Å². The molecule has 0 aliphatic carbocycles. The van der Waals surface area contributed by atoms with E-state index in [2.05, 4.69) is 30.7 Å². The molecule has 0 N–H and O–H groups in total. The quantitative estimate of drug-likeness (QED) is 0.706. The van der Waals surface area contributed by atoms with E-state index < -0.39 is 0 Å². The number of hydrogen-bond donors (Lipinski definition) is 0. The average Bonchev–Trinajstić information content (AvgIpc) is 2.53. The standard InChI is InChI=1S/C12H23N3O/c1-4-14(5-2)12(16)15-10-6-7-11(15)9-13(3)8-10/h10-11H,4-9H2,1-3H3. The van der Waals surface area contributed by atoms with Crippen LogP contribution in [0.1, 0.15) is 26.7 Å². The summed E-state index contributed by atoms with van der Waals surface area (Å²) in [5.41, 5.74) is 0. The molecule has 0 spiro atoms. The van der Waals surface area contributed by atoms with Gasteiger partial charge >= 0.3 is 6.03 Å². The second-order valence-corrected chi connectivity index (χ2v) is 4.97. The van der Waals surface area contributed by atoms with E-state index in [0.717, 1.165) is 26.2 Å². The molecule has 2 rings (SSSR count). The molecule has 0 radical (unpaired) electrons. The fraction of sp³-hybridized carbons (Fsp3) is 0.917. The third-order valence-electron chi connectivity index (χ3n) is 3.92. The lowest BCUT2D eigenvalue weighted by atomic mass is 10.2. The van der Waals surface area contributed by atoms with E-state index in [1.54, 1.807) is 0 Å². The third-order valence-corrected chi connectivity index (χ3v) is 3.92. The number of nitrogens with zero attached hydrogens (tertiary/aromatic N) is 3. The minimum absolute atomic E-state index is 0.255. The summed E-state index contributed by atoms with van der Waals surface area (Å²) in [6, 6.07) is 1.17. The Morgan fingerprint density at radius 1 is 1.19 bits per heavy atom. The lowest BCUT2D eigenvalue weighted by Crippen LogP contribution is -2.57. The summed E-state index contributed by atoms with van der Waals surface area (Å²) in [5, 5.41) is 0. The van der Waals surface area contributed by atoms with Crippen LogP contribution in [0.25, 0.3) is 0 Å². The minimum atomic E-state index is 0.255. The number of carbonyl (C=O) groups is 1. The summed E-state index contributed by atoms with van der Waals surface area (Å²) in [6.45, 7) is 7.84. The summed E-state index contributed by atoms with van der Waals surface area (Å²) in [6.07, 6.45) is 2.37. The molecule has 0 aromatic carbocycles. The zero-order valence-electron chi connectivity index (χ0n) is 10.6. The number of piperazine rings is 1. The summed E-state index contributed by atoms with van der Waals surface area (Å²) in [4.78, 5) is 18.8. The first-order valence-electron chi connectivity index (χ1n) is 6.43. The largest absolute Gasteiger partial charge is 0.325 e. The molecule has 4 heteroatoms. The van der Waals surface area contributed by atoms with E-state index in [1.165, 1.54) is 12.8 Å². The van der Waals surface area contributed by atoms with Crippen LogP contribution in [-0.2, 0) is 0 Å². The number of amides is 2. The number of carbonyl (C=O) groups excluding carboxylic acids is 1. The number of likely N-dealkylation sites (N-methyl/N-ethyl adjacent to an activating group) is 1. The zero-order chi connectivity index (χ0) is 11.7. The fourth-order valence-electron chi connectivity index (χ4n) is 3.08. The molecule has 2 heterocycles. The molecule has 2 atom stereocenters. The number of urea groups is 1. The van der Waals surface area contributed by atoms with E-state index >= 15 is 0 Å². The van der Waals surface area contributed by atoms with Gasteiger partial charge in [-0.25, -0.2) is 4.79 Å². The Bertz CT molecular complexity index is 251. The number of fused-ring (bicyclic) bond motifs is 2. The number of likely N-dealkylation sites (tertiary alicyclic amines) is 1. The van der Waals surface area contributed by atoms with Gasteiger partial charge < -0.3 is 14.7 Å². The Labute approximate surface area is 98.2 Å². The Morgan fingerprint density at radius 3 is 2.12 bits per heavy atom. The van der Waals surface area contributed by atoms with Gasteiger partial charge in [0.25, 0.3) is 0 Å². The molecular formula is C12H23N3O. The summed E-state index contributed by atoms with van der Waals surface area (Å²) >= 11 is 0. The molecule has 4 nitrogen and oxygen atoms in total. The molecular weight excluding hydrogens is 202 g/mol. The van der Waals surface area contributed by atoms with Gasteiger partial charge in [-0.3, -0.25) is 0 Å². The lowest BCUT2D eigenvalue weighted by molar-refractivity contribution is 0.0819. The summed E-state index contributed by atoms with van der Waals surface area (Å²) in [5.74, 6) is 0. The first kappa shape index (κ1) is 11.7. The van der Waals surface area contributed by atoms with E-state index in [4.69, 9.17) is 0 Å². The van der Waals surface area contributed by atoms with Crippen molar-refractivity contribution in [2.45, 2.75) is 38.8 Å². The van der Waals surface area contributed by atoms with E-state index in [1.807, 2.05) is 4.90 Å². The molecule has 0 aromatic rings. The van der Waals surface area contributed by atoms with Crippen LogP contribution in [0.3, 0.4) is 0 Å². The van der Waals surface area contributed by atoms with Gasteiger partial charge in [0.15, 0.2) is 0 Å². The van der Waals surface area contributed by atoms with Gasteiger partial charge in [-0.05, 0) is 33.7 Å². The van der Waals surface area contributed by atoms with Crippen LogP contribution in [0, 0.1) is 0 Å². The topological polar surface area (TPSA) is 26.8 Å². The Morgan fingerprint density at radius 2 is 1.69 bits per heavy atom. The molecule has 2 bridgehead atoms. The molecule has 2 fully saturated rings. The van der Waals surface area contributed by atoms with Crippen molar-refractivity contribution in [2.75, 3.05) is 33.2 Å². The number of rotatable bonds is 2. The smallest absolute Gasteiger partial charge is 0.320 e. The van der Waals surface area contributed by atoms with Gasteiger partial charge in [-0.1, -0.05) is 0 Å². The van der Waals surface area contributed by atoms with Crippen molar-refractivity contribution in [3.05, 3.63) is 0 Å². The monoisotopic (exact) mass is 225 g/mol. The van der Waals surface area contributed by atoms with Crippen molar-refractivity contribution >= 4 is 6.03 Å². The lowest BCUT2D eigenvalue weighted by Gasteiger charge is -2.41. The third kappa shape index (κ3) is 1.90. The van der Waals surface area contributed by atoms with Crippen LogP contribution >= 0.6 is 0 Å². The second-order valence-electron chi connectivity index (χ2n) is 4.97. The van der Waals surface area contributed by atoms with Gasteiger partial charge in [-0.2, -0.15) is 0 Å². The van der Waals surface area contributed by atoms with Crippen molar-refractivity contribution in [3.8, 4) is 0 Å². The van der Waals surface area contributed by atoms with E-state index in [-0.39, 0.29) is 6.03 Å². The van der Waals surface area contributed by atoms with Crippen LogP contribution in [-0.4, -0.2) is 66.0 Å². The SMILES string of the molecule is CCN(CC)C(=O)N1C2CCC1CN(C)C2. The molecule has 0 aromatic heterocycles. The molecule has 2 aliphatic heterocycles. The van der Waals surface area contributed by atoms with Crippen molar-refractivity contribution in [2.24, 2.45) is 0 Å². The van der Waals surface area contributed by atoms with Gasteiger partial charge in [0.2, 0.25) is 0 Å². The van der Waals surface area contributed by atoms with E-state index in [9.17, 15) is 4.79 Å². The summed E-state index contributed by atoms with van der Waals surface area (Å²) in [7, 11) is 2.16. The highest BCUT2D eigenvalue weighted by Crippen LogP contribution is 2.30. The first-order chi connectivity index (χ1) is 7.67. The number of hydrogen-bond acceptors (Lipinski definition) is 2. The predicted molar refractivity (Wildman–Crippen MR) is 64.5 cm³/mol. The molecule has 16 heavy (non-hydrogen) atoms. The first-order valence-corrected chi connectivity index (χ1v) is 6.43. The normalized spacial score (nSPS) is 29.6. The average molecular weight is 225 g/mol. The van der Waals surface area contributed by atoms with Crippen molar-refractivity contribution in [3.63, 3.8) is 0 Å². The molecule has 92 valence electrons. The van der Waals surface area contributed by atoms with Gasteiger partial charge in [-0.15, -0.1) is 0 Å². The van der Waals surface area contributed by atoms with Gasteiger partial charge in [0.05, 0.1) is 0 Å². The Kier molecular flexibility index (Phi) is 3.38. The molecule has 2 aliphatic rings. The van der Waals surface area contributed by atoms with Crippen LogP contribution < -0.4 is 0 Å². The molecule has 2 unspecified atom stereocenters. The molecule has 2 saturated heterocycles. The maximum absolute atomic E-state index is 12.4. The minimum Gasteiger partial charge on any atom is -0.325 e. The second kappa shape index (κ2) is 4.62. The highest BCUT2D eigenvalue weighted by molar-refractivity contribution is 5.75. The molecule has 0 saturated carbocycles. The predicted octanol–water partition coefficient (Wildman–Crippen LogP) is 1.23. The van der Waals surface area contributed by atoms with Gasteiger partial charge in [0.1, 0.15) is 0 Å². The van der Waals surface area contributed by atoms with Crippen molar-refractivity contribution in [1.82, 2.24) is 14.7 Å². The zero-order valence-corrected chi connectivity index (χ0v) is 10.6. The Balaban J connectivity index is 2.07. The van der Waals surface area contributed by atoms with Crippen LogP contribution in [0.5, 0.6) is 0 Å². The maximum Gasteiger partial charge on any atom is 0.320 e.